The zero-order valence-electron chi connectivity index (χ0n) is 14.0. The van der Waals surface area contributed by atoms with E-state index in [9.17, 15) is 9.90 Å². The number of aliphatic carboxylic acids is 1. The van der Waals surface area contributed by atoms with Crippen molar-refractivity contribution in [2.75, 3.05) is 0 Å². The number of carbonyl (C=O) groups is 1. The fraction of sp³-hybridized carbons (Fsp3) is 0.105. The summed E-state index contributed by atoms with van der Waals surface area (Å²) in [5.41, 5.74) is 1.72. The van der Waals surface area contributed by atoms with Crippen molar-refractivity contribution in [1.82, 2.24) is 15.2 Å². The van der Waals surface area contributed by atoms with Crippen LogP contribution in [0.1, 0.15) is 17.0 Å². The Labute approximate surface area is 154 Å². The van der Waals surface area contributed by atoms with Crippen LogP contribution in [0.4, 0.5) is 0 Å². The van der Waals surface area contributed by atoms with E-state index in [-0.39, 0.29) is 4.91 Å². The molecular formula is C19H17N3O3S. The summed E-state index contributed by atoms with van der Waals surface area (Å²) in [6, 6.07) is 17.1. The number of aromatic nitrogens is 3. The fourth-order valence-electron chi connectivity index (χ4n) is 2.21. The van der Waals surface area contributed by atoms with Gasteiger partial charge in [-0.05, 0) is 36.4 Å². The summed E-state index contributed by atoms with van der Waals surface area (Å²) < 4.78 is 5.87. The number of H-pyrrole nitrogens is 1. The minimum atomic E-state index is -1.05. The molecule has 2 aromatic carbocycles. The number of carboxylic acid groups (broad SMARTS) is 1. The van der Waals surface area contributed by atoms with E-state index in [4.69, 9.17) is 4.74 Å². The standard InChI is InChI=1S/C19H17N3O3S/c1-13-20-19(22-21-13)26-17(18(23)24)11-15-9-5-6-10-16(15)25-12-14-7-3-2-4-8-14/h2-11H,12H2,1H3,(H,23,24)(H,20,21,22)/b17-11-. The molecule has 0 radical (unpaired) electrons. The first-order chi connectivity index (χ1) is 12.6. The lowest BCUT2D eigenvalue weighted by Gasteiger charge is -2.10. The number of ether oxygens (including phenoxy) is 1. The Balaban J connectivity index is 1.82. The molecule has 0 aliphatic rings. The zero-order chi connectivity index (χ0) is 18.4. The van der Waals surface area contributed by atoms with E-state index in [1.54, 1.807) is 13.0 Å². The molecule has 0 spiro atoms. The third-order valence-corrected chi connectivity index (χ3v) is 4.31. The summed E-state index contributed by atoms with van der Waals surface area (Å²) in [5, 5.41) is 16.5. The van der Waals surface area contributed by atoms with Crippen molar-refractivity contribution in [2.24, 2.45) is 0 Å². The molecule has 6 nitrogen and oxygen atoms in total. The summed E-state index contributed by atoms with van der Waals surface area (Å²) in [4.78, 5) is 15.9. The predicted molar refractivity (Wildman–Crippen MR) is 99.8 cm³/mol. The van der Waals surface area contributed by atoms with Crippen LogP contribution in [0.25, 0.3) is 6.08 Å². The Bertz CT molecular complexity index is 923. The van der Waals surface area contributed by atoms with Crippen molar-refractivity contribution >= 4 is 23.8 Å². The summed E-state index contributed by atoms with van der Waals surface area (Å²) in [6.45, 7) is 2.16. The van der Waals surface area contributed by atoms with Crippen molar-refractivity contribution in [3.05, 3.63) is 76.5 Å². The van der Waals surface area contributed by atoms with Gasteiger partial charge in [0.05, 0.1) is 0 Å². The van der Waals surface area contributed by atoms with Crippen LogP contribution >= 0.6 is 11.8 Å². The number of hydrogen-bond donors (Lipinski definition) is 2. The largest absolute Gasteiger partial charge is 0.488 e. The molecule has 1 heterocycles. The van der Waals surface area contributed by atoms with Gasteiger partial charge in [0.25, 0.3) is 0 Å². The molecule has 0 saturated heterocycles. The van der Waals surface area contributed by atoms with Gasteiger partial charge < -0.3 is 9.84 Å². The molecule has 0 unspecified atom stereocenters. The van der Waals surface area contributed by atoms with Crippen molar-refractivity contribution in [1.29, 1.82) is 0 Å². The number of nitrogens with one attached hydrogen (secondary N) is 1. The molecule has 3 rings (SSSR count). The maximum atomic E-state index is 11.6. The molecule has 0 saturated carbocycles. The number of carboxylic acids is 1. The van der Waals surface area contributed by atoms with Crippen molar-refractivity contribution < 1.29 is 14.6 Å². The van der Waals surface area contributed by atoms with Crippen LogP contribution < -0.4 is 4.74 Å². The minimum Gasteiger partial charge on any atom is -0.488 e. The lowest BCUT2D eigenvalue weighted by Crippen LogP contribution is -1.99. The van der Waals surface area contributed by atoms with Gasteiger partial charge in [-0.25, -0.2) is 9.78 Å². The van der Waals surface area contributed by atoms with Crippen molar-refractivity contribution in [2.45, 2.75) is 18.7 Å². The van der Waals surface area contributed by atoms with Crippen LogP contribution in [-0.4, -0.2) is 26.3 Å². The first-order valence-electron chi connectivity index (χ1n) is 7.89. The third-order valence-electron chi connectivity index (χ3n) is 3.43. The Morgan fingerprint density at radius 3 is 2.62 bits per heavy atom. The van der Waals surface area contributed by atoms with Crippen LogP contribution in [0.2, 0.25) is 0 Å². The molecule has 132 valence electrons. The van der Waals surface area contributed by atoms with Gasteiger partial charge in [0.2, 0.25) is 5.16 Å². The second-order valence-corrected chi connectivity index (χ2v) is 6.44. The average Bonchev–Trinajstić information content (AvgIpc) is 3.06. The molecule has 0 aliphatic heterocycles. The minimum absolute atomic E-state index is 0.111. The number of aromatic amines is 1. The monoisotopic (exact) mass is 367 g/mol. The number of aryl methyl sites for hydroxylation is 1. The van der Waals surface area contributed by atoms with Crippen LogP contribution in [0, 0.1) is 6.92 Å². The molecule has 0 amide bonds. The number of benzene rings is 2. The zero-order valence-corrected chi connectivity index (χ0v) is 14.9. The molecule has 0 atom stereocenters. The highest BCUT2D eigenvalue weighted by molar-refractivity contribution is 8.04. The fourth-order valence-corrected chi connectivity index (χ4v) is 2.95. The Morgan fingerprint density at radius 1 is 1.19 bits per heavy atom. The maximum absolute atomic E-state index is 11.6. The van der Waals surface area contributed by atoms with Gasteiger partial charge in [-0.1, -0.05) is 48.5 Å². The van der Waals surface area contributed by atoms with E-state index in [0.29, 0.717) is 28.9 Å². The Morgan fingerprint density at radius 2 is 1.92 bits per heavy atom. The van der Waals surface area contributed by atoms with E-state index in [1.807, 2.05) is 54.6 Å². The molecule has 0 fully saturated rings. The molecular weight excluding hydrogens is 350 g/mol. The number of para-hydroxylation sites is 1. The average molecular weight is 367 g/mol. The van der Waals surface area contributed by atoms with Crippen LogP contribution in [0.3, 0.4) is 0 Å². The van der Waals surface area contributed by atoms with Gasteiger partial charge in [0, 0.05) is 5.56 Å². The smallest absolute Gasteiger partial charge is 0.342 e. The molecule has 7 heteroatoms. The van der Waals surface area contributed by atoms with Crippen LogP contribution in [-0.2, 0) is 11.4 Å². The Hall–Kier alpha value is -3.06. The lowest BCUT2D eigenvalue weighted by atomic mass is 10.2. The van der Waals surface area contributed by atoms with Gasteiger partial charge in [0.1, 0.15) is 23.1 Å². The second-order valence-electron chi connectivity index (χ2n) is 5.43. The highest BCUT2D eigenvalue weighted by Crippen LogP contribution is 2.29. The summed E-state index contributed by atoms with van der Waals surface area (Å²) >= 11 is 0.988. The summed E-state index contributed by atoms with van der Waals surface area (Å²) in [6.07, 6.45) is 1.57. The highest BCUT2D eigenvalue weighted by atomic mass is 32.2. The number of rotatable bonds is 7. The van der Waals surface area contributed by atoms with Crippen LogP contribution in [0.5, 0.6) is 5.75 Å². The molecule has 1 aromatic heterocycles. The van der Waals surface area contributed by atoms with Gasteiger partial charge >= 0.3 is 5.97 Å². The van der Waals surface area contributed by atoms with Crippen molar-refractivity contribution in [3.63, 3.8) is 0 Å². The third kappa shape index (κ3) is 4.73. The van der Waals surface area contributed by atoms with E-state index in [1.165, 1.54) is 0 Å². The first-order valence-corrected chi connectivity index (χ1v) is 8.71. The number of thioether (sulfide) groups is 1. The van der Waals surface area contributed by atoms with Gasteiger partial charge in [0.15, 0.2) is 0 Å². The lowest BCUT2D eigenvalue weighted by molar-refractivity contribution is -0.131. The quantitative estimate of drug-likeness (QED) is 0.486. The summed E-state index contributed by atoms with van der Waals surface area (Å²) in [7, 11) is 0. The summed E-state index contributed by atoms with van der Waals surface area (Å²) in [5.74, 6) is 0.195. The highest BCUT2D eigenvalue weighted by Gasteiger charge is 2.14. The van der Waals surface area contributed by atoms with E-state index < -0.39 is 5.97 Å². The van der Waals surface area contributed by atoms with E-state index in [2.05, 4.69) is 15.2 Å². The number of hydrogen-bond acceptors (Lipinski definition) is 5. The number of nitrogens with zero attached hydrogens (tertiary/aromatic N) is 2. The van der Waals surface area contributed by atoms with Crippen LogP contribution in [0.15, 0.2) is 64.7 Å². The topological polar surface area (TPSA) is 88.1 Å². The van der Waals surface area contributed by atoms with E-state index in [0.717, 1.165) is 17.3 Å². The Kier molecular flexibility index (Phi) is 5.70. The molecule has 3 aromatic rings. The second kappa shape index (κ2) is 8.35. The van der Waals surface area contributed by atoms with Gasteiger partial charge in [-0.15, -0.1) is 5.10 Å². The molecule has 26 heavy (non-hydrogen) atoms. The normalized spacial score (nSPS) is 11.3. The van der Waals surface area contributed by atoms with Crippen molar-refractivity contribution in [3.8, 4) is 5.75 Å². The first kappa shape index (κ1) is 17.8. The predicted octanol–water partition coefficient (Wildman–Crippen LogP) is 3.91. The molecule has 2 N–H and O–H groups in total. The SMILES string of the molecule is Cc1nc(S/C(=C\c2ccccc2OCc2ccccc2)C(=O)O)n[nH]1. The maximum Gasteiger partial charge on any atom is 0.342 e. The van der Waals surface area contributed by atoms with Gasteiger partial charge in [-0.2, -0.15) is 0 Å². The van der Waals surface area contributed by atoms with E-state index >= 15 is 0 Å². The molecule has 0 bridgehead atoms. The molecule has 0 aliphatic carbocycles. The van der Waals surface area contributed by atoms with Gasteiger partial charge in [-0.3, -0.25) is 5.10 Å².